The van der Waals surface area contributed by atoms with Gasteiger partial charge in [-0.15, -0.1) is 0 Å². The Hall–Kier alpha value is -3.26. The number of aliphatic hydroxyl groups is 8. The number of H-pyrrole nitrogens is 1. The average Bonchev–Trinajstić information content (AvgIpc) is 3.32. The van der Waals surface area contributed by atoms with Crippen LogP contribution in [-0.4, -0.2) is 166 Å². The zero-order chi connectivity index (χ0) is 39.7. The average molecular weight is 767 g/mol. The second-order valence-corrected chi connectivity index (χ2v) is 15.0. The Balaban J connectivity index is 1.61. The number of aliphatic hydroxyl groups excluding tert-OH is 8. The third-order valence-electron chi connectivity index (χ3n) is 8.47. The van der Waals surface area contributed by atoms with Crippen LogP contribution in [0.4, 0.5) is 9.59 Å². The highest BCUT2D eigenvalue weighted by Crippen LogP contribution is 2.34. The fourth-order valence-electron chi connectivity index (χ4n) is 6.00. The van der Waals surface area contributed by atoms with Crippen LogP contribution in [0.25, 0.3) is 0 Å². The summed E-state index contributed by atoms with van der Waals surface area (Å²) in [7, 11) is 0. The molecule has 4 rings (SSSR count). The summed E-state index contributed by atoms with van der Waals surface area (Å²) in [5, 5.41) is 91.0. The van der Waals surface area contributed by atoms with Gasteiger partial charge in [0.25, 0.3) is 5.56 Å². The van der Waals surface area contributed by atoms with Crippen molar-refractivity contribution in [2.45, 2.75) is 151 Å². The van der Waals surface area contributed by atoms with Gasteiger partial charge in [0.05, 0.1) is 18.8 Å². The van der Waals surface area contributed by atoms with Crippen molar-refractivity contribution in [3.8, 4) is 0 Å². The largest absolute Gasteiger partial charge is 0.444 e. The molecule has 2 amide bonds. The second-order valence-electron chi connectivity index (χ2n) is 15.0. The van der Waals surface area contributed by atoms with Crippen LogP contribution in [0.2, 0.25) is 0 Å². The lowest BCUT2D eigenvalue weighted by Gasteiger charge is -2.47. The second kappa shape index (κ2) is 16.6. The van der Waals surface area contributed by atoms with Crippen molar-refractivity contribution in [3.63, 3.8) is 0 Å². The lowest BCUT2D eigenvalue weighted by atomic mass is 9.91. The Kier molecular flexibility index (Phi) is 13.3. The molecule has 3 aliphatic rings. The molecule has 0 spiro atoms. The predicted molar refractivity (Wildman–Crippen MR) is 174 cm³/mol. The molecule has 3 saturated heterocycles. The van der Waals surface area contributed by atoms with Crippen LogP contribution in [0, 0.1) is 0 Å². The molecule has 0 bridgehead atoms. The van der Waals surface area contributed by atoms with Gasteiger partial charge in [-0.3, -0.25) is 14.3 Å². The molecule has 0 aromatic carbocycles. The van der Waals surface area contributed by atoms with Crippen LogP contribution in [0.1, 0.15) is 54.2 Å². The number of carbonyl (C=O) groups excluding carboxylic acids is 2. The molecule has 0 aliphatic carbocycles. The fraction of sp³-hybridized carbons (Fsp3) is 0.806. The van der Waals surface area contributed by atoms with Crippen LogP contribution in [-0.2, 0) is 28.4 Å². The number of hydrogen-bond donors (Lipinski definition) is 11. The molecule has 3 fully saturated rings. The first-order valence-corrected chi connectivity index (χ1v) is 16.8. The van der Waals surface area contributed by atoms with E-state index >= 15 is 0 Å². The monoisotopic (exact) mass is 766 g/mol. The van der Waals surface area contributed by atoms with Gasteiger partial charge < -0.3 is 79.9 Å². The Morgan fingerprint density at radius 3 is 1.75 bits per heavy atom. The van der Waals surface area contributed by atoms with Crippen LogP contribution < -0.4 is 21.9 Å². The van der Waals surface area contributed by atoms with Crippen molar-refractivity contribution in [1.29, 1.82) is 0 Å². The van der Waals surface area contributed by atoms with Crippen molar-refractivity contribution in [1.82, 2.24) is 20.2 Å². The number of nitrogens with zero attached hydrogens (tertiary/aromatic N) is 1. The van der Waals surface area contributed by atoms with Crippen molar-refractivity contribution < 1.29 is 78.9 Å². The van der Waals surface area contributed by atoms with E-state index in [0.717, 1.165) is 16.8 Å². The maximum atomic E-state index is 12.8. The van der Waals surface area contributed by atoms with Crippen molar-refractivity contribution in [2.75, 3.05) is 6.61 Å². The normalized spacial score (nSPS) is 37.1. The van der Waals surface area contributed by atoms with E-state index in [0.29, 0.717) is 0 Å². The van der Waals surface area contributed by atoms with Gasteiger partial charge in [0.15, 0.2) is 18.8 Å². The Morgan fingerprint density at radius 1 is 0.792 bits per heavy atom. The van der Waals surface area contributed by atoms with E-state index in [1.807, 2.05) is 4.98 Å². The van der Waals surface area contributed by atoms with Gasteiger partial charge in [-0.2, -0.15) is 0 Å². The molecule has 4 unspecified atom stereocenters. The molecule has 302 valence electrons. The molecular formula is C31H50N4O18. The standard InChI is InChI=1S/C31H50N4O18/c1-30(2,3)52-28(46)33-15-19(41)17(39)12(9-11(37)23-21(43)22(44)24(50-23)35-8-7-14(38)32-27(35)45)48-25(15)51-26-16(34-29(47)53-31(4,5)6)20(42)18(40)13(10-36)49-26/h7-8,11-13,15-26,36-37,39-44H,9-10H2,1-6H3,(H,33,46)(H,34,47)(H,32,38,45)/t11-,12-,13+,15-,16?,17?,18-,19?,20?,21+,22-,23+,24-,25+,26-/m1/s1. The number of carbonyl (C=O) groups is 2. The molecule has 53 heavy (non-hydrogen) atoms. The lowest BCUT2D eigenvalue weighted by molar-refractivity contribution is -0.346. The quantitative estimate of drug-likeness (QED) is 0.113. The summed E-state index contributed by atoms with van der Waals surface area (Å²) in [4.78, 5) is 51.4. The van der Waals surface area contributed by atoms with E-state index in [-0.39, 0.29) is 0 Å². The smallest absolute Gasteiger partial charge is 0.408 e. The summed E-state index contributed by atoms with van der Waals surface area (Å²) in [6, 6.07) is -2.34. The van der Waals surface area contributed by atoms with Gasteiger partial charge in [0.1, 0.15) is 72.1 Å². The Morgan fingerprint density at radius 2 is 1.28 bits per heavy atom. The third kappa shape index (κ3) is 10.3. The molecular weight excluding hydrogens is 716 g/mol. The minimum absolute atomic E-state index is 0.648. The number of alkyl carbamates (subject to hydrolysis) is 2. The number of hydrogen-bond acceptors (Lipinski definition) is 18. The summed E-state index contributed by atoms with van der Waals surface area (Å²) in [6.07, 6.45) is -24.5. The molecule has 22 heteroatoms. The van der Waals surface area contributed by atoms with Crippen molar-refractivity contribution in [3.05, 3.63) is 33.1 Å². The first-order valence-electron chi connectivity index (χ1n) is 16.8. The Labute approximate surface area is 302 Å². The van der Waals surface area contributed by atoms with Gasteiger partial charge in [0.2, 0.25) is 0 Å². The molecule has 0 radical (unpaired) electrons. The maximum absolute atomic E-state index is 12.8. The molecule has 1 aromatic heterocycles. The van der Waals surface area contributed by atoms with E-state index in [1.165, 1.54) is 0 Å². The van der Waals surface area contributed by atoms with Gasteiger partial charge >= 0.3 is 17.9 Å². The summed E-state index contributed by atoms with van der Waals surface area (Å²) >= 11 is 0. The summed E-state index contributed by atoms with van der Waals surface area (Å²) in [6.45, 7) is 8.53. The Bertz CT molecular complexity index is 1530. The molecule has 22 nitrogen and oxygen atoms in total. The fourth-order valence-corrected chi connectivity index (χ4v) is 6.00. The van der Waals surface area contributed by atoms with Crippen LogP contribution >= 0.6 is 0 Å². The SMILES string of the molecule is CC(C)(C)OC(=O)NC1C(O)[C@H](O)[C@H](CO)O[C@@H]1O[C@@H]1O[C@H](C[C@@H](O)[C@@H]2O[C@@H](n3ccc(=O)[nH]c3=O)[C@H](O)[C@@H]2O)C(O)C(O)[C@H]1NC(=O)OC(C)(C)C. The maximum Gasteiger partial charge on any atom is 0.408 e. The summed E-state index contributed by atoms with van der Waals surface area (Å²) in [5.74, 6) is 0. The minimum Gasteiger partial charge on any atom is -0.444 e. The zero-order valence-corrected chi connectivity index (χ0v) is 29.8. The summed E-state index contributed by atoms with van der Waals surface area (Å²) < 4.78 is 34.4. The number of amides is 2. The molecule has 4 heterocycles. The van der Waals surface area contributed by atoms with Gasteiger partial charge in [-0.05, 0) is 41.5 Å². The highest BCUT2D eigenvalue weighted by molar-refractivity contribution is 5.68. The van der Waals surface area contributed by atoms with E-state index in [2.05, 4.69) is 10.6 Å². The summed E-state index contributed by atoms with van der Waals surface area (Å²) in [5.41, 5.74) is -3.75. The first-order chi connectivity index (χ1) is 24.5. The van der Waals surface area contributed by atoms with Gasteiger partial charge in [0, 0.05) is 18.7 Å². The molecule has 1 aromatic rings. The molecule has 11 N–H and O–H groups in total. The van der Waals surface area contributed by atoms with E-state index in [1.54, 1.807) is 41.5 Å². The van der Waals surface area contributed by atoms with E-state index in [4.69, 9.17) is 28.4 Å². The van der Waals surface area contributed by atoms with Crippen LogP contribution in [0.15, 0.2) is 21.9 Å². The van der Waals surface area contributed by atoms with Gasteiger partial charge in [-0.1, -0.05) is 0 Å². The van der Waals surface area contributed by atoms with Crippen LogP contribution in [0.5, 0.6) is 0 Å². The highest BCUT2D eigenvalue weighted by Gasteiger charge is 2.54. The molecule has 0 saturated carbocycles. The predicted octanol–water partition coefficient (Wildman–Crippen LogP) is -4.40. The third-order valence-corrected chi connectivity index (χ3v) is 8.47. The van der Waals surface area contributed by atoms with E-state index < -0.39 is 140 Å². The number of aromatic nitrogens is 2. The number of ether oxygens (including phenoxy) is 6. The zero-order valence-electron chi connectivity index (χ0n) is 29.8. The number of aromatic amines is 1. The van der Waals surface area contributed by atoms with E-state index in [9.17, 15) is 60.0 Å². The van der Waals surface area contributed by atoms with Crippen molar-refractivity contribution >= 4 is 12.2 Å². The lowest BCUT2D eigenvalue weighted by Crippen LogP contribution is -2.69. The minimum atomic E-state index is -1.95. The van der Waals surface area contributed by atoms with Crippen LogP contribution in [0.3, 0.4) is 0 Å². The number of nitrogens with one attached hydrogen (secondary N) is 3. The molecule has 3 aliphatic heterocycles. The highest BCUT2D eigenvalue weighted by atomic mass is 16.8. The first kappa shape index (κ1) is 42.5. The molecule has 15 atom stereocenters. The van der Waals surface area contributed by atoms with Crippen molar-refractivity contribution in [2.24, 2.45) is 0 Å². The number of rotatable bonds is 9. The van der Waals surface area contributed by atoms with Gasteiger partial charge in [-0.25, -0.2) is 14.4 Å². The topological polar surface area (TPSA) is 330 Å².